The van der Waals surface area contributed by atoms with Gasteiger partial charge >= 0.3 is 0 Å². The van der Waals surface area contributed by atoms with Gasteiger partial charge in [-0.15, -0.1) is 0 Å². The highest BCUT2D eigenvalue weighted by Crippen LogP contribution is 2.28. The first-order chi connectivity index (χ1) is 16.9. The predicted octanol–water partition coefficient (Wildman–Crippen LogP) is 3.77. The Hall–Kier alpha value is -3.42. The van der Waals surface area contributed by atoms with Crippen LogP contribution in [0.15, 0.2) is 40.6 Å². The van der Waals surface area contributed by atoms with E-state index in [1.807, 2.05) is 13.8 Å². The molecule has 2 aromatic rings. The number of aliphatic hydroxyl groups is 1. The van der Waals surface area contributed by atoms with Crippen LogP contribution in [0.1, 0.15) is 64.5 Å². The molecule has 0 bridgehead atoms. The summed E-state index contributed by atoms with van der Waals surface area (Å²) in [4.78, 5) is 25.2. The number of aliphatic hydroxyl groups excluding tert-OH is 1. The molecule has 36 heavy (non-hydrogen) atoms. The minimum absolute atomic E-state index is 0.00389. The number of methoxy groups -OCH3 is 1. The Kier molecular flexibility index (Phi) is 10.4. The number of nitrogens with one attached hydrogen (secondary N) is 1. The molecular formula is C27H36FN3O5. The smallest absolute Gasteiger partial charge is 0.274 e. The van der Waals surface area contributed by atoms with Gasteiger partial charge in [-0.25, -0.2) is 9.07 Å². The average molecular weight is 502 g/mol. The van der Waals surface area contributed by atoms with Crippen molar-refractivity contribution in [3.63, 3.8) is 0 Å². The molecule has 2 N–H and O–H groups in total. The van der Waals surface area contributed by atoms with Crippen molar-refractivity contribution in [1.82, 2.24) is 15.1 Å². The second kappa shape index (κ2) is 13.0. The third kappa shape index (κ3) is 8.07. The van der Waals surface area contributed by atoms with Crippen LogP contribution in [0.3, 0.4) is 0 Å². The van der Waals surface area contributed by atoms with Crippen LogP contribution in [0.4, 0.5) is 4.39 Å². The van der Waals surface area contributed by atoms with Gasteiger partial charge in [0.1, 0.15) is 17.3 Å². The summed E-state index contributed by atoms with van der Waals surface area (Å²) in [5.41, 5.74) is 4.28. The van der Waals surface area contributed by atoms with E-state index < -0.39 is 11.9 Å². The van der Waals surface area contributed by atoms with E-state index in [0.29, 0.717) is 28.3 Å². The SMILES string of the molecule is COc1ccc(F)cc1C(O)Cc1cc(C(C)=C=C(C)OC(C)C)c(=O)n(CCNC(=O)C(C)C)n1. The summed E-state index contributed by atoms with van der Waals surface area (Å²) in [5, 5.41) is 18.1. The van der Waals surface area contributed by atoms with Gasteiger partial charge in [0.25, 0.3) is 5.56 Å². The number of nitrogens with zero attached hydrogens (tertiary/aromatic N) is 2. The predicted molar refractivity (Wildman–Crippen MR) is 136 cm³/mol. The topological polar surface area (TPSA) is 103 Å². The van der Waals surface area contributed by atoms with Crippen molar-refractivity contribution in [2.75, 3.05) is 13.7 Å². The van der Waals surface area contributed by atoms with Gasteiger partial charge in [-0.3, -0.25) is 9.59 Å². The zero-order chi connectivity index (χ0) is 27.0. The molecule has 1 unspecified atom stereocenters. The lowest BCUT2D eigenvalue weighted by molar-refractivity contribution is -0.124. The van der Waals surface area contributed by atoms with Crippen molar-refractivity contribution in [3.8, 4) is 5.75 Å². The lowest BCUT2D eigenvalue weighted by Gasteiger charge is -2.16. The molecule has 1 amide bonds. The van der Waals surface area contributed by atoms with Crippen LogP contribution < -0.4 is 15.6 Å². The molecule has 1 atom stereocenters. The molecule has 0 fully saturated rings. The molecule has 9 heteroatoms. The Morgan fingerprint density at radius 2 is 1.92 bits per heavy atom. The van der Waals surface area contributed by atoms with Gasteiger partial charge in [-0.2, -0.15) is 5.10 Å². The molecule has 0 spiro atoms. The first-order valence-electron chi connectivity index (χ1n) is 11.9. The lowest BCUT2D eigenvalue weighted by atomic mass is 10.0. The number of halogens is 1. The van der Waals surface area contributed by atoms with Gasteiger partial charge in [0.15, 0.2) is 0 Å². The summed E-state index contributed by atoms with van der Waals surface area (Å²) in [6.45, 7) is 11.2. The Morgan fingerprint density at radius 1 is 1.22 bits per heavy atom. The molecule has 1 heterocycles. The quantitative estimate of drug-likeness (QED) is 0.359. The van der Waals surface area contributed by atoms with Crippen molar-refractivity contribution in [1.29, 1.82) is 0 Å². The van der Waals surface area contributed by atoms with Gasteiger partial charge in [-0.05, 0) is 45.0 Å². The number of aromatic nitrogens is 2. The van der Waals surface area contributed by atoms with Gasteiger partial charge in [0, 0.05) is 36.9 Å². The second-order valence-electron chi connectivity index (χ2n) is 9.10. The van der Waals surface area contributed by atoms with Crippen LogP contribution in [0.25, 0.3) is 5.57 Å². The van der Waals surface area contributed by atoms with Crippen LogP contribution in [-0.4, -0.2) is 40.6 Å². The number of allylic oxidation sites excluding steroid dienone is 1. The van der Waals surface area contributed by atoms with E-state index in [1.165, 1.54) is 30.0 Å². The molecule has 1 aromatic carbocycles. The van der Waals surface area contributed by atoms with Crippen molar-refractivity contribution in [3.05, 3.63) is 68.7 Å². The summed E-state index contributed by atoms with van der Waals surface area (Å²) >= 11 is 0. The maximum Gasteiger partial charge on any atom is 0.274 e. The van der Waals surface area contributed by atoms with Crippen molar-refractivity contribution in [2.24, 2.45) is 5.92 Å². The number of carbonyl (C=O) groups excluding carboxylic acids is 1. The molecule has 0 aliphatic carbocycles. The summed E-state index contributed by atoms with van der Waals surface area (Å²) in [6.07, 6.45) is -1.17. The highest BCUT2D eigenvalue weighted by molar-refractivity contribution is 5.77. The first-order valence-corrected chi connectivity index (χ1v) is 11.9. The fourth-order valence-electron chi connectivity index (χ4n) is 3.59. The minimum Gasteiger partial charge on any atom is -0.496 e. The third-order valence-corrected chi connectivity index (χ3v) is 5.31. The average Bonchev–Trinajstić information content (AvgIpc) is 2.79. The van der Waals surface area contributed by atoms with E-state index in [0.717, 1.165) is 0 Å². The molecule has 0 saturated carbocycles. The van der Waals surface area contributed by atoms with Gasteiger partial charge < -0.3 is 19.9 Å². The standard InChI is InChI=1S/C27H36FN3O5/c1-16(2)26(33)29-10-11-31-27(34)22(18(5)12-19(6)36-17(3)4)14-21(30-31)15-24(32)23-13-20(28)8-9-25(23)35-7/h8-9,13-14,16-17,24,32H,10-11,15H2,1-7H3,(H,29,33). The summed E-state index contributed by atoms with van der Waals surface area (Å²) in [5.74, 6) is 0.0458. The summed E-state index contributed by atoms with van der Waals surface area (Å²) in [6, 6.07) is 5.49. The van der Waals surface area contributed by atoms with E-state index in [-0.39, 0.29) is 48.6 Å². The van der Waals surface area contributed by atoms with Gasteiger partial charge in [-0.1, -0.05) is 19.6 Å². The molecule has 0 radical (unpaired) electrons. The Bertz CT molecular complexity index is 1200. The number of rotatable bonds is 11. The number of carbonyl (C=O) groups is 1. The van der Waals surface area contributed by atoms with Gasteiger partial charge in [0.2, 0.25) is 5.91 Å². The lowest BCUT2D eigenvalue weighted by Crippen LogP contribution is -2.35. The molecule has 8 nitrogen and oxygen atoms in total. The number of ether oxygens (including phenoxy) is 2. The van der Waals surface area contributed by atoms with Crippen molar-refractivity contribution < 1.29 is 23.8 Å². The van der Waals surface area contributed by atoms with E-state index in [9.17, 15) is 19.1 Å². The molecule has 0 aliphatic rings. The molecular weight excluding hydrogens is 465 g/mol. The van der Waals surface area contributed by atoms with E-state index in [4.69, 9.17) is 9.47 Å². The maximum atomic E-state index is 13.9. The highest BCUT2D eigenvalue weighted by atomic mass is 19.1. The fourth-order valence-corrected chi connectivity index (χ4v) is 3.59. The number of hydrogen-bond donors (Lipinski definition) is 2. The first kappa shape index (κ1) is 28.8. The monoisotopic (exact) mass is 501 g/mol. The Labute approximate surface area is 211 Å². The Balaban J connectivity index is 2.49. The second-order valence-corrected chi connectivity index (χ2v) is 9.10. The zero-order valence-corrected chi connectivity index (χ0v) is 22.0. The zero-order valence-electron chi connectivity index (χ0n) is 22.0. The Morgan fingerprint density at radius 3 is 2.53 bits per heavy atom. The minimum atomic E-state index is -1.13. The van der Waals surface area contributed by atoms with Crippen LogP contribution in [-0.2, 0) is 22.5 Å². The molecule has 1 aromatic heterocycles. The highest BCUT2D eigenvalue weighted by Gasteiger charge is 2.19. The van der Waals surface area contributed by atoms with Crippen LogP contribution in [0, 0.1) is 11.7 Å². The molecule has 2 rings (SSSR count). The van der Waals surface area contributed by atoms with Crippen LogP contribution >= 0.6 is 0 Å². The summed E-state index contributed by atoms with van der Waals surface area (Å²) < 4.78 is 26.0. The number of benzene rings is 1. The van der Waals surface area contributed by atoms with E-state index >= 15 is 0 Å². The van der Waals surface area contributed by atoms with E-state index in [2.05, 4.69) is 16.1 Å². The fraction of sp³-hybridized carbons (Fsp3) is 0.481. The largest absolute Gasteiger partial charge is 0.496 e. The third-order valence-electron chi connectivity index (χ3n) is 5.31. The molecule has 196 valence electrons. The normalized spacial score (nSPS) is 11.8. The number of hydrogen-bond acceptors (Lipinski definition) is 6. The van der Waals surface area contributed by atoms with Crippen LogP contribution in [0.2, 0.25) is 0 Å². The molecule has 0 aliphatic heterocycles. The van der Waals surface area contributed by atoms with Crippen molar-refractivity contribution in [2.45, 2.75) is 66.7 Å². The van der Waals surface area contributed by atoms with Gasteiger partial charge in [0.05, 0.1) is 37.1 Å². The van der Waals surface area contributed by atoms with E-state index in [1.54, 1.807) is 33.8 Å². The summed E-state index contributed by atoms with van der Waals surface area (Å²) in [7, 11) is 1.44. The molecule has 0 saturated heterocycles. The number of amides is 1. The maximum absolute atomic E-state index is 13.9. The van der Waals surface area contributed by atoms with Crippen LogP contribution in [0.5, 0.6) is 5.75 Å². The van der Waals surface area contributed by atoms with Crippen molar-refractivity contribution >= 4 is 11.5 Å².